The van der Waals surface area contributed by atoms with Gasteiger partial charge in [0.05, 0.1) is 0 Å². The summed E-state index contributed by atoms with van der Waals surface area (Å²) < 4.78 is 42.7. The molecule has 2 heterocycles. The molecule has 1 amide bonds. The summed E-state index contributed by atoms with van der Waals surface area (Å²) in [7, 11) is 0. The van der Waals surface area contributed by atoms with Crippen LogP contribution in [0.4, 0.5) is 30.4 Å². The molecule has 4 aromatic rings. The number of halogens is 3. The molecule has 0 aliphatic rings. The minimum atomic E-state index is -4.83. The van der Waals surface area contributed by atoms with Crippen molar-refractivity contribution < 1.29 is 22.7 Å². The van der Waals surface area contributed by atoms with E-state index < -0.39 is 18.0 Å². The Morgan fingerprint density at radius 1 is 1.00 bits per heavy atom. The van der Waals surface area contributed by atoms with Crippen molar-refractivity contribution in [3.05, 3.63) is 85.2 Å². The van der Waals surface area contributed by atoms with E-state index in [0.29, 0.717) is 23.0 Å². The number of imidazole rings is 1. The van der Waals surface area contributed by atoms with Crippen LogP contribution in [0.15, 0.2) is 79.6 Å². The minimum Gasteiger partial charge on any atom is -0.406 e. The molecule has 2 N–H and O–H groups in total. The maximum absolute atomic E-state index is 12.4. The second-order valence-electron chi connectivity index (χ2n) is 6.46. The number of amides is 1. The van der Waals surface area contributed by atoms with Crippen LogP contribution in [-0.2, 0) is 0 Å². The van der Waals surface area contributed by atoms with Crippen LogP contribution in [0.3, 0.4) is 0 Å². The molecule has 0 aliphatic heterocycles. The van der Waals surface area contributed by atoms with Crippen molar-refractivity contribution in [2.45, 2.75) is 6.36 Å². The van der Waals surface area contributed by atoms with Crippen molar-refractivity contribution in [1.29, 1.82) is 0 Å². The van der Waals surface area contributed by atoms with E-state index in [9.17, 15) is 18.0 Å². The SMILES string of the molecule is O=C(Nc1ccc(Nc2cc(-n3ccnc3)ncn2)cc1)c1cccc(OC(F)(F)F)c1. The van der Waals surface area contributed by atoms with E-state index in [-0.39, 0.29) is 5.56 Å². The van der Waals surface area contributed by atoms with Gasteiger partial charge in [-0.3, -0.25) is 9.36 Å². The molecule has 2 aromatic heterocycles. The molecule has 0 bridgehead atoms. The van der Waals surface area contributed by atoms with Gasteiger partial charge in [-0.05, 0) is 42.5 Å². The quantitative estimate of drug-likeness (QED) is 0.457. The van der Waals surface area contributed by atoms with E-state index >= 15 is 0 Å². The summed E-state index contributed by atoms with van der Waals surface area (Å²) in [5, 5.41) is 5.75. The molecule has 32 heavy (non-hydrogen) atoms. The number of aromatic nitrogens is 4. The van der Waals surface area contributed by atoms with E-state index in [0.717, 1.165) is 12.1 Å². The summed E-state index contributed by atoms with van der Waals surface area (Å²) in [6.07, 6.45) is 1.61. The Bertz CT molecular complexity index is 1210. The molecule has 0 fully saturated rings. The third-order valence-corrected chi connectivity index (χ3v) is 4.17. The fraction of sp³-hybridized carbons (Fsp3) is 0.0476. The lowest BCUT2D eigenvalue weighted by Gasteiger charge is -2.11. The van der Waals surface area contributed by atoms with E-state index in [4.69, 9.17) is 0 Å². The van der Waals surface area contributed by atoms with Gasteiger partial charge >= 0.3 is 6.36 Å². The van der Waals surface area contributed by atoms with Gasteiger partial charge in [0, 0.05) is 35.4 Å². The van der Waals surface area contributed by atoms with E-state index in [1.54, 1.807) is 53.6 Å². The topological polar surface area (TPSA) is 94.0 Å². The normalized spacial score (nSPS) is 11.1. The zero-order valence-corrected chi connectivity index (χ0v) is 16.2. The van der Waals surface area contributed by atoms with Gasteiger partial charge in [0.1, 0.15) is 30.0 Å². The van der Waals surface area contributed by atoms with Crippen LogP contribution in [0, 0.1) is 0 Å². The number of hydrogen-bond donors (Lipinski definition) is 2. The van der Waals surface area contributed by atoms with Crippen LogP contribution in [0.1, 0.15) is 10.4 Å². The third-order valence-electron chi connectivity index (χ3n) is 4.17. The molecule has 11 heteroatoms. The van der Waals surface area contributed by atoms with E-state index in [1.165, 1.54) is 18.5 Å². The van der Waals surface area contributed by atoms with Gasteiger partial charge in [0.25, 0.3) is 5.91 Å². The molecule has 2 aromatic carbocycles. The molecule has 0 unspecified atom stereocenters. The molecular weight excluding hydrogens is 425 g/mol. The molecule has 0 saturated heterocycles. The molecule has 0 saturated carbocycles. The first kappa shape index (κ1) is 20.8. The lowest BCUT2D eigenvalue weighted by molar-refractivity contribution is -0.274. The average Bonchev–Trinajstić information content (AvgIpc) is 3.29. The fourth-order valence-corrected chi connectivity index (χ4v) is 2.77. The number of rotatable bonds is 6. The van der Waals surface area contributed by atoms with Crippen molar-refractivity contribution in [2.75, 3.05) is 10.6 Å². The van der Waals surface area contributed by atoms with Crippen molar-refractivity contribution >= 4 is 23.1 Å². The predicted octanol–water partition coefficient (Wildman–Crippen LogP) is 4.56. The summed E-state index contributed by atoms with van der Waals surface area (Å²) in [6.45, 7) is 0. The predicted molar refractivity (Wildman–Crippen MR) is 110 cm³/mol. The summed E-state index contributed by atoms with van der Waals surface area (Å²) in [4.78, 5) is 24.7. The Hall–Kier alpha value is -4.41. The smallest absolute Gasteiger partial charge is 0.406 e. The number of nitrogens with zero attached hydrogens (tertiary/aromatic N) is 4. The molecule has 8 nitrogen and oxygen atoms in total. The molecule has 162 valence electrons. The van der Waals surface area contributed by atoms with E-state index in [2.05, 4.69) is 30.3 Å². The maximum atomic E-state index is 12.4. The lowest BCUT2D eigenvalue weighted by Crippen LogP contribution is -2.18. The van der Waals surface area contributed by atoms with Gasteiger partial charge in [-0.1, -0.05) is 6.07 Å². The minimum absolute atomic E-state index is 0.0296. The number of anilines is 3. The number of alkyl halides is 3. The summed E-state index contributed by atoms with van der Waals surface area (Å²) in [5.74, 6) is 0.159. The molecular formula is C21H15F3N6O2. The Morgan fingerprint density at radius 2 is 1.78 bits per heavy atom. The standard InChI is InChI=1S/C21H15F3N6O2/c22-21(23,24)32-17-3-1-2-14(10-17)20(31)29-16-6-4-15(5-7-16)28-18-11-19(27-12-26-18)30-9-8-25-13-30/h1-13H,(H,29,31)(H,26,27,28). The largest absolute Gasteiger partial charge is 0.573 e. The number of carbonyl (C=O) groups excluding carboxylic acids is 1. The highest BCUT2D eigenvalue weighted by Gasteiger charge is 2.31. The van der Waals surface area contributed by atoms with Crippen LogP contribution in [0.2, 0.25) is 0 Å². The summed E-state index contributed by atoms with van der Waals surface area (Å²) in [6, 6.07) is 13.3. The van der Waals surface area contributed by atoms with Gasteiger partial charge in [-0.25, -0.2) is 15.0 Å². The van der Waals surface area contributed by atoms with Gasteiger partial charge in [-0.15, -0.1) is 13.2 Å². The first-order valence-corrected chi connectivity index (χ1v) is 9.20. The van der Waals surface area contributed by atoms with Gasteiger partial charge in [0.15, 0.2) is 0 Å². The van der Waals surface area contributed by atoms with Crippen LogP contribution in [0.5, 0.6) is 5.75 Å². The number of carbonyl (C=O) groups is 1. The van der Waals surface area contributed by atoms with Gasteiger partial charge in [0.2, 0.25) is 0 Å². The van der Waals surface area contributed by atoms with E-state index in [1.807, 2.05) is 0 Å². The van der Waals surface area contributed by atoms with Crippen molar-refractivity contribution in [2.24, 2.45) is 0 Å². The van der Waals surface area contributed by atoms with Crippen LogP contribution in [0.25, 0.3) is 5.82 Å². The number of ether oxygens (including phenoxy) is 1. The number of nitrogens with one attached hydrogen (secondary N) is 2. The lowest BCUT2D eigenvalue weighted by atomic mass is 10.2. The van der Waals surface area contributed by atoms with Crippen LogP contribution < -0.4 is 15.4 Å². The Kier molecular flexibility index (Phi) is 5.71. The first-order chi connectivity index (χ1) is 15.4. The fourth-order valence-electron chi connectivity index (χ4n) is 2.77. The first-order valence-electron chi connectivity index (χ1n) is 9.20. The molecule has 0 spiro atoms. The maximum Gasteiger partial charge on any atom is 0.573 e. The highest BCUT2D eigenvalue weighted by Crippen LogP contribution is 2.24. The van der Waals surface area contributed by atoms with Gasteiger partial charge < -0.3 is 15.4 Å². The highest BCUT2D eigenvalue weighted by molar-refractivity contribution is 6.04. The Labute approximate surface area is 179 Å². The second kappa shape index (κ2) is 8.76. The molecule has 0 radical (unpaired) electrons. The zero-order chi connectivity index (χ0) is 22.6. The van der Waals surface area contributed by atoms with Crippen molar-refractivity contribution in [1.82, 2.24) is 19.5 Å². The number of benzene rings is 2. The number of hydrogen-bond acceptors (Lipinski definition) is 6. The molecule has 0 aliphatic carbocycles. The Morgan fingerprint density at radius 3 is 2.50 bits per heavy atom. The Balaban J connectivity index is 1.41. The molecule has 0 atom stereocenters. The zero-order valence-electron chi connectivity index (χ0n) is 16.2. The van der Waals surface area contributed by atoms with Crippen molar-refractivity contribution in [3.63, 3.8) is 0 Å². The van der Waals surface area contributed by atoms with Gasteiger partial charge in [-0.2, -0.15) is 0 Å². The van der Waals surface area contributed by atoms with Crippen molar-refractivity contribution in [3.8, 4) is 11.6 Å². The third kappa shape index (κ3) is 5.39. The van der Waals surface area contributed by atoms with Crippen LogP contribution >= 0.6 is 0 Å². The highest BCUT2D eigenvalue weighted by atomic mass is 19.4. The second-order valence-corrected chi connectivity index (χ2v) is 6.46. The summed E-state index contributed by atoms with van der Waals surface area (Å²) >= 11 is 0. The summed E-state index contributed by atoms with van der Waals surface area (Å²) in [5.41, 5.74) is 1.20. The monoisotopic (exact) mass is 440 g/mol. The molecule has 4 rings (SSSR count). The van der Waals surface area contributed by atoms with Crippen LogP contribution in [-0.4, -0.2) is 31.8 Å². The average molecular weight is 440 g/mol.